The number of halogens is 1. The van der Waals surface area contributed by atoms with Crippen LogP contribution in [0.4, 0.5) is 16.2 Å². The molecule has 0 heterocycles. The summed E-state index contributed by atoms with van der Waals surface area (Å²) in [6.45, 7) is 0. The van der Waals surface area contributed by atoms with Gasteiger partial charge in [0.05, 0.1) is 0 Å². The van der Waals surface area contributed by atoms with E-state index in [1.54, 1.807) is 24.3 Å². The van der Waals surface area contributed by atoms with E-state index in [0.717, 1.165) is 5.69 Å². The van der Waals surface area contributed by atoms with Crippen LogP contribution < -0.4 is 10.6 Å². The van der Waals surface area contributed by atoms with Crippen molar-refractivity contribution in [2.24, 2.45) is 0 Å². The lowest BCUT2D eigenvalue weighted by atomic mass is 10.3. The molecule has 0 saturated carbocycles. The van der Waals surface area contributed by atoms with Gasteiger partial charge in [0.2, 0.25) is 0 Å². The van der Waals surface area contributed by atoms with Gasteiger partial charge < -0.3 is 10.6 Å². The molecule has 3 nitrogen and oxygen atoms in total. The smallest absolute Gasteiger partial charge is 0.308 e. The number of para-hydroxylation sites is 1. The van der Waals surface area contributed by atoms with Crippen LogP contribution in [0.5, 0.6) is 0 Å². The maximum atomic E-state index is 11.6. The Kier molecular flexibility index (Phi) is 3.62. The van der Waals surface area contributed by atoms with Gasteiger partial charge in [0.15, 0.2) is 0 Å². The molecule has 0 saturated heterocycles. The van der Waals surface area contributed by atoms with E-state index in [0.29, 0.717) is 10.7 Å². The largest absolute Gasteiger partial charge is 0.323 e. The summed E-state index contributed by atoms with van der Waals surface area (Å²) in [4.78, 5) is 11.6. The number of nitrogens with one attached hydrogen (secondary N) is 2. The Morgan fingerprint density at radius 1 is 0.824 bits per heavy atom. The third-order valence-corrected chi connectivity index (χ3v) is 2.39. The Morgan fingerprint density at radius 3 is 1.94 bits per heavy atom. The van der Waals surface area contributed by atoms with Crippen LogP contribution in [-0.4, -0.2) is 6.03 Å². The van der Waals surface area contributed by atoms with E-state index in [-0.39, 0.29) is 6.03 Å². The summed E-state index contributed by atoms with van der Waals surface area (Å²) in [6.07, 6.45) is 0. The van der Waals surface area contributed by atoms with Crippen LogP contribution in [0.2, 0.25) is 5.02 Å². The number of amides is 2. The topological polar surface area (TPSA) is 41.1 Å². The number of carbonyl (C=O) groups excluding carboxylic acids is 1. The quantitative estimate of drug-likeness (QED) is 0.827. The van der Waals surface area contributed by atoms with Gasteiger partial charge in [0.1, 0.15) is 0 Å². The fourth-order valence-electron chi connectivity index (χ4n) is 1.35. The Balaban J connectivity index is 1.96. The van der Waals surface area contributed by atoms with Gasteiger partial charge in [-0.2, -0.15) is 0 Å². The summed E-state index contributed by atoms with van der Waals surface area (Å²) in [7, 11) is 0. The highest BCUT2D eigenvalue weighted by atomic mass is 35.5. The van der Waals surface area contributed by atoms with Crippen molar-refractivity contribution in [3.05, 3.63) is 59.6 Å². The maximum absolute atomic E-state index is 11.6. The van der Waals surface area contributed by atoms with Crippen molar-refractivity contribution < 1.29 is 4.79 Å². The first-order chi connectivity index (χ1) is 8.24. The minimum atomic E-state index is -0.279. The molecule has 0 spiro atoms. The summed E-state index contributed by atoms with van der Waals surface area (Å²) < 4.78 is 0. The molecule has 2 rings (SSSR count). The SMILES string of the molecule is O=C(Nc1ccccc1)Nc1ccc(Cl)cc1. The molecule has 0 aliphatic rings. The average molecular weight is 247 g/mol. The van der Waals surface area contributed by atoms with E-state index in [2.05, 4.69) is 10.6 Å². The molecule has 0 bridgehead atoms. The van der Waals surface area contributed by atoms with Crippen LogP contribution in [0.25, 0.3) is 0 Å². The Morgan fingerprint density at radius 2 is 1.35 bits per heavy atom. The summed E-state index contributed by atoms with van der Waals surface area (Å²) in [5.41, 5.74) is 1.45. The number of carbonyl (C=O) groups is 1. The van der Waals surface area contributed by atoms with E-state index in [9.17, 15) is 4.79 Å². The predicted octanol–water partition coefficient (Wildman–Crippen LogP) is 3.98. The molecular weight excluding hydrogens is 236 g/mol. The molecule has 2 aromatic carbocycles. The Bertz CT molecular complexity index is 497. The lowest BCUT2D eigenvalue weighted by Crippen LogP contribution is -2.19. The molecule has 0 aliphatic heterocycles. The normalized spacial score (nSPS) is 9.71. The summed E-state index contributed by atoms with van der Waals surface area (Å²) in [5.74, 6) is 0. The van der Waals surface area contributed by atoms with Crippen LogP contribution in [0, 0.1) is 0 Å². The van der Waals surface area contributed by atoms with Crippen LogP contribution in [0.15, 0.2) is 54.6 Å². The molecule has 17 heavy (non-hydrogen) atoms. The van der Waals surface area contributed by atoms with Crippen molar-refractivity contribution in [2.45, 2.75) is 0 Å². The zero-order valence-corrected chi connectivity index (χ0v) is 9.74. The van der Waals surface area contributed by atoms with E-state index in [1.165, 1.54) is 0 Å². The minimum absolute atomic E-state index is 0.279. The van der Waals surface area contributed by atoms with E-state index in [1.807, 2.05) is 30.3 Å². The maximum Gasteiger partial charge on any atom is 0.323 e. The number of urea groups is 1. The third-order valence-electron chi connectivity index (χ3n) is 2.13. The second kappa shape index (κ2) is 5.37. The molecule has 0 atom stereocenters. The van der Waals surface area contributed by atoms with Crippen molar-refractivity contribution in [3.63, 3.8) is 0 Å². The highest BCUT2D eigenvalue weighted by molar-refractivity contribution is 6.30. The van der Waals surface area contributed by atoms with Gasteiger partial charge >= 0.3 is 6.03 Å². The zero-order chi connectivity index (χ0) is 12.1. The second-order valence-corrected chi connectivity index (χ2v) is 3.89. The van der Waals surface area contributed by atoms with Crippen molar-refractivity contribution in [1.29, 1.82) is 0 Å². The predicted molar refractivity (Wildman–Crippen MR) is 70.5 cm³/mol. The van der Waals surface area contributed by atoms with Gasteiger partial charge in [0.25, 0.3) is 0 Å². The van der Waals surface area contributed by atoms with Crippen molar-refractivity contribution in [1.82, 2.24) is 0 Å². The van der Waals surface area contributed by atoms with Gasteiger partial charge in [-0.25, -0.2) is 4.79 Å². The first-order valence-electron chi connectivity index (χ1n) is 5.13. The minimum Gasteiger partial charge on any atom is -0.308 e. The first kappa shape index (κ1) is 11.5. The van der Waals surface area contributed by atoms with Gasteiger partial charge in [-0.3, -0.25) is 0 Å². The first-order valence-corrected chi connectivity index (χ1v) is 5.50. The molecule has 4 heteroatoms. The van der Waals surface area contributed by atoms with Crippen LogP contribution >= 0.6 is 11.6 Å². The van der Waals surface area contributed by atoms with Crippen molar-refractivity contribution >= 4 is 29.0 Å². The highest BCUT2D eigenvalue weighted by Crippen LogP contribution is 2.14. The number of rotatable bonds is 2. The number of benzene rings is 2. The van der Waals surface area contributed by atoms with E-state index < -0.39 is 0 Å². The van der Waals surface area contributed by atoms with Crippen molar-refractivity contribution in [2.75, 3.05) is 10.6 Å². The Hall–Kier alpha value is -2.00. The molecule has 86 valence electrons. The van der Waals surface area contributed by atoms with Crippen molar-refractivity contribution in [3.8, 4) is 0 Å². The molecule has 0 aromatic heterocycles. The van der Waals surface area contributed by atoms with Gasteiger partial charge in [-0.15, -0.1) is 0 Å². The standard InChI is InChI=1S/C13H11ClN2O/c14-10-6-8-12(9-7-10)16-13(17)15-11-4-2-1-3-5-11/h1-9H,(H2,15,16,17). The monoisotopic (exact) mass is 246 g/mol. The molecular formula is C13H11ClN2O. The molecule has 0 fully saturated rings. The summed E-state index contributed by atoms with van der Waals surface area (Å²) >= 11 is 5.75. The van der Waals surface area contributed by atoms with Crippen LogP contribution in [-0.2, 0) is 0 Å². The fraction of sp³-hybridized carbons (Fsp3) is 0. The second-order valence-electron chi connectivity index (χ2n) is 3.45. The molecule has 0 radical (unpaired) electrons. The van der Waals surface area contributed by atoms with Gasteiger partial charge in [0, 0.05) is 16.4 Å². The zero-order valence-electron chi connectivity index (χ0n) is 8.98. The fourth-order valence-corrected chi connectivity index (χ4v) is 1.47. The number of hydrogen-bond donors (Lipinski definition) is 2. The van der Waals surface area contributed by atoms with Crippen LogP contribution in [0.1, 0.15) is 0 Å². The Labute approximate surface area is 104 Å². The van der Waals surface area contributed by atoms with Gasteiger partial charge in [-0.1, -0.05) is 29.8 Å². The number of hydrogen-bond acceptors (Lipinski definition) is 1. The molecule has 2 N–H and O–H groups in total. The molecule has 0 unspecified atom stereocenters. The molecule has 0 aliphatic carbocycles. The van der Waals surface area contributed by atoms with E-state index >= 15 is 0 Å². The highest BCUT2D eigenvalue weighted by Gasteiger charge is 2.01. The average Bonchev–Trinajstić information content (AvgIpc) is 2.33. The lowest BCUT2D eigenvalue weighted by molar-refractivity contribution is 0.262. The van der Waals surface area contributed by atoms with Crippen LogP contribution in [0.3, 0.4) is 0 Å². The number of anilines is 2. The summed E-state index contributed by atoms with van der Waals surface area (Å²) in [6, 6.07) is 15.9. The third kappa shape index (κ3) is 3.50. The van der Waals surface area contributed by atoms with E-state index in [4.69, 9.17) is 11.6 Å². The molecule has 2 aromatic rings. The summed E-state index contributed by atoms with van der Waals surface area (Å²) in [5, 5.41) is 6.07. The lowest BCUT2D eigenvalue weighted by Gasteiger charge is -2.07. The van der Waals surface area contributed by atoms with Gasteiger partial charge in [-0.05, 0) is 36.4 Å². The molecule has 2 amide bonds.